The van der Waals surface area contributed by atoms with Crippen molar-refractivity contribution in [1.82, 2.24) is 0 Å². The van der Waals surface area contributed by atoms with Gasteiger partial charge in [-0.05, 0) is 0 Å². The summed E-state index contributed by atoms with van der Waals surface area (Å²) in [6.07, 6.45) is 9.36. The second kappa shape index (κ2) is 11.6. The summed E-state index contributed by atoms with van der Waals surface area (Å²) in [6.45, 7) is 22.1. The second-order valence-corrected chi connectivity index (χ2v) is 7.37. The zero-order valence-corrected chi connectivity index (χ0v) is 23.3. The molecule has 140 valence electrons. The summed E-state index contributed by atoms with van der Waals surface area (Å²) in [5.41, 5.74) is 9.01. The zero-order valence-electron chi connectivity index (χ0n) is 17.7. The predicted octanol–water partition coefficient (Wildman–Crippen LogP) is 1.01. The average Bonchev–Trinajstić information content (AvgIpc) is 2.81. The Hall–Kier alpha value is 0.865. The van der Waals surface area contributed by atoms with Crippen LogP contribution >= 0.6 is 0 Å². The third-order valence-corrected chi connectivity index (χ3v) is 6.25. The Balaban J connectivity index is -0.000000346. The van der Waals surface area contributed by atoms with E-state index in [1.807, 2.05) is 0 Å². The maximum absolute atomic E-state index is 3.52. The van der Waals surface area contributed by atoms with Gasteiger partial charge >= 0.3 is 39.9 Å². The van der Waals surface area contributed by atoms with Crippen molar-refractivity contribution < 1.29 is 64.8 Å². The van der Waals surface area contributed by atoms with E-state index in [1.54, 1.807) is 0 Å². The molecule has 0 spiro atoms. The molecule has 0 aromatic heterocycles. The molecular formula is C22H34Cl2Th. The van der Waals surface area contributed by atoms with Gasteiger partial charge in [-0.15, -0.1) is 13.8 Å². The quantitative estimate of drug-likeness (QED) is 0.415. The van der Waals surface area contributed by atoms with Gasteiger partial charge < -0.3 is 24.8 Å². The van der Waals surface area contributed by atoms with E-state index >= 15 is 0 Å². The Morgan fingerprint density at radius 1 is 0.640 bits per heavy atom. The van der Waals surface area contributed by atoms with Crippen molar-refractivity contribution in [3.8, 4) is 0 Å². The van der Waals surface area contributed by atoms with Crippen molar-refractivity contribution in [2.45, 2.75) is 82.1 Å². The van der Waals surface area contributed by atoms with Crippen LogP contribution in [0.5, 0.6) is 0 Å². The van der Waals surface area contributed by atoms with Crippen LogP contribution in [0, 0.1) is 62.9 Å². The van der Waals surface area contributed by atoms with Gasteiger partial charge in [0.1, 0.15) is 0 Å². The molecule has 0 N–H and O–H groups in total. The molecule has 3 heteroatoms. The SMILES string of the molecule is CCC1(C)[C-]=C(C)C(C)=C1C.CCC1(C)[C-]=C(C)C(C)=C1C.[Cl-].[Cl-].[Th+4]. The summed E-state index contributed by atoms with van der Waals surface area (Å²) >= 11 is 0. The summed E-state index contributed by atoms with van der Waals surface area (Å²) in [6, 6.07) is 0. The molecular weight excluding hydrogens is 567 g/mol. The first-order valence-electron chi connectivity index (χ1n) is 8.62. The Bertz CT molecular complexity index is 529. The van der Waals surface area contributed by atoms with Crippen molar-refractivity contribution in [1.29, 1.82) is 0 Å². The number of rotatable bonds is 2. The Morgan fingerprint density at radius 2 is 0.880 bits per heavy atom. The topological polar surface area (TPSA) is 0 Å². The third-order valence-electron chi connectivity index (χ3n) is 6.25. The van der Waals surface area contributed by atoms with E-state index in [0.29, 0.717) is 0 Å². The van der Waals surface area contributed by atoms with Crippen molar-refractivity contribution >= 4 is 0 Å². The molecule has 0 aromatic carbocycles. The van der Waals surface area contributed by atoms with Crippen LogP contribution in [-0.4, -0.2) is 0 Å². The zero-order chi connectivity index (χ0) is 17.3. The smallest absolute Gasteiger partial charge is 1.00 e. The van der Waals surface area contributed by atoms with Crippen molar-refractivity contribution in [2.24, 2.45) is 10.8 Å². The molecule has 0 fully saturated rings. The van der Waals surface area contributed by atoms with E-state index in [0.717, 1.165) is 12.8 Å². The van der Waals surface area contributed by atoms with Crippen LogP contribution < -0.4 is 24.8 Å². The van der Waals surface area contributed by atoms with E-state index in [2.05, 4.69) is 81.4 Å². The van der Waals surface area contributed by atoms with Gasteiger partial charge in [0.05, 0.1) is 0 Å². The summed E-state index contributed by atoms with van der Waals surface area (Å²) in [4.78, 5) is 0. The minimum absolute atomic E-state index is 0. The second-order valence-electron chi connectivity index (χ2n) is 7.37. The molecule has 2 aliphatic rings. The first-order valence-corrected chi connectivity index (χ1v) is 8.62. The van der Waals surface area contributed by atoms with Crippen LogP contribution in [-0.2, 0) is 0 Å². The van der Waals surface area contributed by atoms with E-state index in [1.165, 1.54) is 33.4 Å². The Labute approximate surface area is 201 Å². The van der Waals surface area contributed by atoms with Crippen molar-refractivity contribution in [3.63, 3.8) is 0 Å². The fraction of sp³-hybridized carbons (Fsp3) is 0.636. The van der Waals surface area contributed by atoms with Crippen LogP contribution in [0.1, 0.15) is 82.1 Å². The number of halogens is 2. The van der Waals surface area contributed by atoms with Crippen molar-refractivity contribution in [2.75, 3.05) is 0 Å². The Kier molecular flexibility index (Phi) is 14.3. The molecule has 25 heavy (non-hydrogen) atoms. The van der Waals surface area contributed by atoms with Crippen LogP contribution in [0.15, 0.2) is 33.4 Å². The molecule has 0 aromatic rings. The van der Waals surface area contributed by atoms with Crippen LogP contribution in [0.3, 0.4) is 0 Å². The maximum Gasteiger partial charge on any atom is 4.00 e. The molecule has 2 atom stereocenters. The van der Waals surface area contributed by atoms with Crippen LogP contribution in [0.25, 0.3) is 0 Å². The molecule has 0 saturated carbocycles. The summed E-state index contributed by atoms with van der Waals surface area (Å²) < 4.78 is 0. The van der Waals surface area contributed by atoms with Crippen LogP contribution in [0.2, 0.25) is 0 Å². The van der Waals surface area contributed by atoms with E-state index in [-0.39, 0.29) is 75.6 Å². The molecule has 0 nitrogen and oxygen atoms in total. The predicted molar refractivity (Wildman–Crippen MR) is 98.4 cm³/mol. The standard InChI is InChI=1S/2C11H17.2ClH.Th/c2*1-6-11(5)7-8(2)9(3)10(11)4;;;/h2*6H2,1-5H3;2*1H;/q2*-1;;;+4/p-2. The largest absolute Gasteiger partial charge is 4.00 e. The monoisotopic (exact) mass is 600 g/mol. The first kappa shape index (κ1) is 30.6. The molecule has 0 amide bonds. The van der Waals surface area contributed by atoms with Gasteiger partial charge in [0, 0.05) is 0 Å². The van der Waals surface area contributed by atoms with E-state index < -0.39 is 0 Å². The minimum Gasteiger partial charge on any atom is -1.00 e. The van der Waals surface area contributed by atoms with Gasteiger partial charge in [0.25, 0.3) is 0 Å². The van der Waals surface area contributed by atoms with Crippen molar-refractivity contribution in [3.05, 3.63) is 45.6 Å². The van der Waals surface area contributed by atoms with E-state index in [4.69, 9.17) is 0 Å². The molecule has 0 bridgehead atoms. The van der Waals surface area contributed by atoms with Gasteiger partial charge in [-0.1, -0.05) is 79.1 Å². The average molecular weight is 601 g/mol. The summed E-state index contributed by atoms with van der Waals surface area (Å²) in [5.74, 6) is 0. The molecule has 2 rings (SSSR count). The van der Waals surface area contributed by atoms with Gasteiger partial charge in [0.2, 0.25) is 0 Å². The maximum atomic E-state index is 3.52. The van der Waals surface area contributed by atoms with Gasteiger partial charge in [-0.25, -0.2) is 11.1 Å². The minimum atomic E-state index is 0. The molecule has 0 aliphatic heterocycles. The van der Waals surface area contributed by atoms with Gasteiger partial charge in [-0.2, -0.15) is 22.3 Å². The van der Waals surface area contributed by atoms with Gasteiger partial charge in [0.15, 0.2) is 0 Å². The fourth-order valence-corrected chi connectivity index (χ4v) is 3.30. The number of allylic oxidation sites excluding steroid dienone is 8. The van der Waals surface area contributed by atoms with E-state index in [9.17, 15) is 0 Å². The summed E-state index contributed by atoms with van der Waals surface area (Å²) in [5, 5.41) is 0. The number of hydrogen-bond donors (Lipinski definition) is 0. The van der Waals surface area contributed by atoms with Crippen LogP contribution in [0.4, 0.5) is 0 Å². The molecule has 2 aliphatic carbocycles. The Morgan fingerprint density at radius 3 is 0.960 bits per heavy atom. The third kappa shape index (κ3) is 6.46. The van der Waals surface area contributed by atoms with Gasteiger partial charge in [-0.3, -0.25) is 12.2 Å². The molecule has 2 unspecified atom stereocenters. The normalized spacial score (nSPS) is 27.4. The molecule has 0 radical (unpaired) electrons. The molecule has 0 saturated heterocycles. The number of hydrogen-bond acceptors (Lipinski definition) is 0. The first-order chi connectivity index (χ1) is 10.0. The fourth-order valence-electron chi connectivity index (χ4n) is 3.30. The summed E-state index contributed by atoms with van der Waals surface area (Å²) in [7, 11) is 0. The molecule has 0 heterocycles.